The fourth-order valence-corrected chi connectivity index (χ4v) is 8.46. The Hall–Kier alpha value is -2.36. The van der Waals surface area contributed by atoms with E-state index in [0.29, 0.717) is 24.5 Å². The number of rotatable bonds is 4. The summed E-state index contributed by atoms with van der Waals surface area (Å²) in [6, 6.07) is 23.2. The summed E-state index contributed by atoms with van der Waals surface area (Å²) in [5.41, 5.74) is 9.21. The summed E-state index contributed by atoms with van der Waals surface area (Å²) in [7, 11) is 0. The fraction of sp³-hybridized carbons (Fsp3) is 0.290. The molecule has 0 saturated heterocycles. The van der Waals surface area contributed by atoms with Gasteiger partial charge in [0, 0.05) is 19.2 Å². The summed E-state index contributed by atoms with van der Waals surface area (Å²) in [4.78, 5) is 3.00. The topological polar surface area (TPSA) is 0 Å². The largest absolute Gasteiger partial charge is 0.247 e. The molecule has 0 spiro atoms. The van der Waals surface area contributed by atoms with E-state index < -0.39 is 0 Å². The molecule has 2 aromatic heterocycles. The second kappa shape index (κ2) is 8.10. The lowest BCUT2D eigenvalue weighted by Crippen LogP contribution is -2.52. The standard InChI is InChI=1S/C31H31BS2/c1-17(2)20-15-23(18(3)4)27(24(16-20)19(5)6)32-28-21-11-7-9-13-25(21)33-30(28)31-29(32)22-12-8-10-14-26(22)34-31/h7-19H,1-6H3. The Bertz CT molecular complexity index is 1440. The molecule has 0 atom stereocenters. The van der Waals surface area contributed by atoms with Gasteiger partial charge in [0.25, 0.3) is 0 Å². The molecule has 0 aliphatic carbocycles. The van der Waals surface area contributed by atoms with Gasteiger partial charge in [-0.1, -0.05) is 95.5 Å². The van der Waals surface area contributed by atoms with Gasteiger partial charge in [-0.2, -0.15) is 0 Å². The van der Waals surface area contributed by atoms with E-state index in [1.54, 1.807) is 16.4 Å². The normalized spacial score (nSPS) is 13.1. The van der Waals surface area contributed by atoms with Crippen molar-refractivity contribution in [3.05, 3.63) is 77.4 Å². The molecule has 34 heavy (non-hydrogen) atoms. The van der Waals surface area contributed by atoms with Gasteiger partial charge < -0.3 is 0 Å². The molecule has 0 amide bonds. The Labute approximate surface area is 211 Å². The molecule has 3 heteroatoms. The molecular weight excluding hydrogens is 447 g/mol. The molecule has 0 N–H and O–H groups in total. The summed E-state index contributed by atoms with van der Waals surface area (Å²) in [6.07, 6.45) is 0. The Morgan fingerprint density at radius 1 is 0.559 bits per heavy atom. The van der Waals surface area contributed by atoms with Gasteiger partial charge in [0.15, 0.2) is 0 Å². The molecule has 0 nitrogen and oxygen atoms in total. The van der Waals surface area contributed by atoms with Crippen molar-refractivity contribution in [1.29, 1.82) is 0 Å². The van der Waals surface area contributed by atoms with Crippen molar-refractivity contribution < 1.29 is 0 Å². The third-order valence-corrected chi connectivity index (χ3v) is 10.1. The predicted octanol–water partition coefficient (Wildman–Crippen LogP) is 7.98. The van der Waals surface area contributed by atoms with Gasteiger partial charge in [0.1, 0.15) is 0 Å². The van der Waals surface area contributed by atoms with Crippen LogP contribution in [0.25, 0.3) is 29.9 Å². The van der Waals surface area contributed by atoms with E-state index in [0.717, 1.165) is 0 Å². The molecule has 0 unspecified atom stereocenters. The van der Waals surface area contributed by atoms with E-state index in [4.69, 9.17) is 0 Å². The monoisotopic (exact) mass is 478 g/mol. The number of hydrogen-bond donors (Lipinski definition) is 0. The average molecular weight is 479 g/mol. The van der Waals surface area contributed by atoms with E-state index in [2.05, 4.69) is 102 Å². The molecule has 0 saturated carbocycles. The van der Waals surface area contributed by atoms with Crippen LogP contribution >= 0.6 is 22.7 Å². The summed E-state index contributed by atoms with van der Waals surface area (Å²) in [5, 5.41) is 2.88. The molecule has 170 valence electrons. The summed E-state index contributed by atoms with van der Waals surface area (Å²) in [5.74, 6) is 1.49. The van der Waals surface area contributed by atoms with Gasteiger partial charge in [0.05, 0.1) is 0 Å². The van der Waals surface area contributed by atoms with Crippen LogP contribution in [0.2, 0.25) is 0 Å². The van der Waals surface area contributed by atoms with Crippen molar-refractivity contribution >= 4 is 65.9 Å². The molecule has 0 radical (unpaired) electrons. The van der Waals surface area contributed by atoms with E-state index in [9.17, 15) is 0 Å². The van der Waals surface area contributed by atoms with Crippen LogP contribution in [0.15, 0.2) is 60.7 Å². The van der Waals surface area contributed by atoms with Gasteiger partial charge >= 0.3 is 0 Å². The summed E-state index contributed by atoms with van der Waals surface area (Å²) in [6.45, 7) is 14.5. The SMILES string of the molecule is CC(C)c1cc(C(C)C)c(B2c3c(sc4ccccc34)-c3sc4ccccc4c32)c(C(C)C)c1. The van der Waals surface area contributed by atoms with Crippen molar-refractivity contribution in [2.24, 2.45) is 0 Å². The van der Waals surface area contributed by atoms with Crippen LogP contribution < -0.4 is 16.4 Å². The van der Waals surface area contributed by atoms with Crippen molar-refractivity contribution in [3.63, 3.8) is 0 Å². The first-order valence-corrected chi connectivity index (χ1v) is 14.2. The second-order valence-corrected chi connectivity index (χ2v) is 12.8. The lowest BCUT2D eigenvalue weighted by Gasteiger charge is -2.26. The minimum Gasteiger partial charge on any atom is -0.135 e. The second-order valence-electron chi connectivity index (χ2n) is 10.7. The quantitative estimate of drug-likeness (QED) is 0.225. The molecular formula is C31H31BS2. The van der Waals surface area contributed by atoms with Crippen LogP contribution in [0.1, 0.15) is 76.0 Å². The highest BCUT2D eigenvalue weighted by atomic mass is 32.1. The van der Waals surface area contributed by atoms with E-state index >= 15 is 0 Å². The Kier molecular flexibility index (Phi) is 5.28. The van der Waals surface area contributed by atoms with Crippen LogP contribution in [0.4, 0.5) is 0 Å². The number of fused-ring (bicyclic) bond motifs is 7. The lowest BCUT2D eigenvalue weighted by molar-refractivity contribution is 0.812. The maximum Gasteiger partial charge on any atom is 0.247 e. The average Bonchev–Trinajstić information content (AvgIpc) is 3.46. The van der Waals surface area contributed by atoms with Crippen molar-refractivity contribution in [3.8, 4) is 9.75 Å². The van der Waals surface area contributed by atoms with Crippen LogP contribution in [-0.4, -0.2) is 6.71 Å². The maximum absolute atomic E-state index is 2.53. The zero-order valence-electron chi connectivity index (χ0n) is 20.9. The van der Waals surface area contributed by atoms with Crippen LogP contribution in [0.5, 0.6) is 0 Å². The zero-order valence-corrected chi connectivity index (χ0v) is 22.5. The third kappa shape index (κ3) is 3.17. The molecule has 0 bridgehead atoms. The van der Waals surface area contributed by atoms with Gasteiger partial charge in [-0.15, -0.1) is 22.7 Å². The van der Waals surface area contributed by atoms with Gasteiger partial charge in [-0.05, 0) is 68.3 Å². The van der Waals surface area contributed by atoms with Gasteiger partial charge in [-0.3, -0.25) is 0 Å². The number of thiophene rings is 2. The van der Waals surface area contributed by atoms with E-state index in [1.165, 1.54) is 46.6 Å². The van der Waals surface area contributed by atoms with E-state index in [-0.39, 0.29) is 0 Å². The predicted molar refractivity (Wildman–Crippen MR) is 156 cm³/mol. The van der Waals surface area contributed by atoms with E-state index in [1.807, 2.05) is 22.7 Å². The number of hydrogen-bond acceptors (Lipinski definition) is 2. The molecule has 0 fully saturated rings. The third-order valence-electron chi connectivity index (χ3n) is 7.52. The minimum atomic E-state index is 0.299. The molecule has 5 aromatic rings. The summed E-state index contributed by atoms with van der Waals surface area (Å²) >= 11 is 3.98. The highest BCUT2D eigenvalue weighted by molar-refractivity contribution is 7.34. The fourth-order valence-electron chi connectivity index (χ4n) is 5.82. The van der Waals surface area contributed by atoms with Crippen molar-refractivity contribution in [2.45, 2.75) is 59.3 Å². The molecule has 6 rings (SSSR count). The Morgan fingerprint density at radius 3 is 1.41 bits per heavy atom. The molecule has 1 aliphatic heterocycles. The van der Waals surface area contributed by atoms with Gasteiger partial charge in [-0.25, -0.2) is 0 Å². The van der Waals surface area contributed by atoms with Crippen LogP contribution in [0, 0.1) is 0 Å². The zero-order chi connectivity index (χ0) is 23.7. The highest BCUT2D eigenvalue weighted by Crippen LogP contribution is 2.42. The van der Waals surface area contributed by atoms with Gasteiger partial charge in [0.2, 0.25) is 6.71 Å². The number of benzene rings is 3. The van der Waals surface area contributed by atoms with Crippen molar-refractivity contribution in [2.75, 3.05) is 0 Å². The highest BCUT2D eigenvalue weighted by Gasteiger charge is 2.42. The first-order chi connectivity index (χ1) is 16.4. The lowest BCUT2D eigenvalue weighted by atomic mass is 9.36. The first kappa shape index (κ1) is 22.1. The first-order valence-electron chi connectivity index (χ1n) is 12.6. The Balaban J connectivity index is 1.77. The maximum atomic E-state index is 2.53. The van der Waals surface area contributed by atoms with Crippen LogP contribution in [0.3, 0.4) is 0 Å². The Morgan fingerprint density at radius 2 is 1.00 bits per heavy atom. The molecule has 1 aliphatic rings. The molecule has 3 aromatic carbocycles. The van der Waals surface area contributed by atoms with Crippen LogP contribution in [-0.2, 0) is 0 Å². The van der Waals surface area contributed by atoms with Crippen molar-refractivity contribution in [1.82, 2.24) is 0 Å². The summed E-state index contributed by atoms with van der Waals surface area (Å²) < 4.78 is 2.83. The minimum absolute atomic E-state index is 0.299. The molecule has 3 heterocycles. The smallest absolute Gasteiger partial charge is 0.135 e.